The molecule has 0 fully saturated rings. The number of halogens is 1. The molecule has 3 N–H and O–H groups in total. The number of phenolic OH excluding ortho intramolecular Hbond substituents is 1. The number of imidazole rings is 1. The average molecular weight is 334 g/mol. The summed E-state index contributed by atoms with van der Waals surface area (Å²) >= 11 is 7.04. The zero-order chi connectivity index (χ0) is 15.5. The second kappa shape index (κ2) is 6.29. The van der Waals surface area contributed by atoms with E-state index in [0.717, 1.165) is 11.0 Å². The summed E-state index contributed by atoms with van der Waals surface area (Å²) < 4.78 is 0. The fourth-order valence-corrected chi connectivity index (χ4v) is 2.78. The van der Waals surface area contributed by atoms with Crippen LogP contribution in [0.3, 0.4) is 0 Å². The second-order valence-electron chi connectivity index (χ2n) is 4.56. The Balaban J connectivity index is 1.62. The third-order valence-electron chi connectivity index (χ3n) is 2.94. The Morgan fingerprint density at radius 3 is 2.91 bits per heavy atom. The maximum absolute atomic E-state index is 11.9. The van der Waals surface area contributed by atoms with Gasteiger partial charge in [0.2, 0.25) is 5.91 Å². The number of rotatable bonds is 4. The maximum Gasteiger partial charge on any atom is 0.234 e. The summed E-state index contributed by atoms with van der Waals surface area (Å²) in [7, 11) is 0. The zero-order valence-electron chi connectivity index (χ0n) is 11.3. The summed E-state index contributed by atoms with van der Waals surface area (Å²) in [6.07, 6.45) is 0. The van der Waals surface area contributed by atoms with Crippen molar-refractivity contribution >= 4 is 46.0 Å². The van der Waals surface area contributed by atoms with E-state index >= 15 is 0 Å². The number of amides is 1. The lowest BCUT2D eigenvalue weighted by molar-refractivity contribution is -0.113. The van der Waals surface area contributed by atoms with E-state index in [1.807, 2.05) is 24.3 Å². The molecule has 0 spiro atoms. The van der Waals surface area contributed by atoms with Gasteiger partial charge in [-0.15, -0.1) is 0 Å². The van der Waals surface area contributed by atoms with Crippen molar-refractivity contribution in [2.75, 3.05) is 11.1 Å². The van der Waals surface area contributed by atoms with Crippen LogP contribution < -0.4 is 5.32 Å². The molecule has 3 rings (SSSR count). The minimum absolute atomic E-state index is 0.0606. The van der Waals surface area contributed by atoms with Gasteiger partial charge in [0.05, 0.1) is 22.5 Å². The summed E-state index contributed by atoms with van der Waals surface area (Å²) in [5.41, 5.74) is 2.13. The van der Waals surface area contributed by atoms with E-state index in [0.29, 0.717) is 15.9 Å². The van der Waals surface area contributed by atoms with Crippen LogP contribution >= 0.6 is 23.4 Å². The standard InChI is InChI=1S/C15H12ClN3O2S/c16-9-5-6-12(13(20)7-9)17-14(21)8-22-15-18-10-3-1-2-4-11(10)19-15/h1-7,20H,8H2,(H,17,21)(H,18,19). The zero-order valence-corrected chi connectivity index (χ0v) is 12.9. The van der Waals surface area contributed by atoms with E-state index in [-0.39, 0.29) is 17.4 Å². The van der Waals surface area contributed by atoms with E-state index in [1.165, 1.54) is 17.8 Å². The van der Waals surface area contributed by atoms with Gasteiger partial charge in [-0.25, -0.2) is 4.98 Å². The molecule has 0 bridgehead atoms. The number of para-hydroxylation sites is 2. The monoisotopic (exact) mass is 333 g/mol. The highest BCUT2D eigenvalue weighted by atomic mass is 35.5. The number of hydrogen-bond donors (Lipinski definition) is 3. The van der Waals surface area contributed by atoms with Crippen LogP contribution in [0.1, 0.15) is 0 Å². The van der Waals surface area contributed by atoms with Gasteiger partial charge in [0.15, 0.2) is 5.16 Å². The number of phenols is 1. The topological polar surface area (TPSA) is 78.0 Å². The van der Waals surface area contributed by atoms with Crippen molar-refractivity contribution in [3.05, 3.63) is 47.5 Å². The Bertz CT molecular complexity index is 802. The lowest BCUT2D eigenvalue weighted by atomic mass is 10.3. The molecule has 22 heavy (non-hydrogen) atoms. The predicted molar refractivity (Wildman–Crippen MR) is 88.6 cm³/mol. The molecule has 3 aromatic rings. The average Bonchev–Trinajstić information content (AvgIpc) is 2.91. The third kappa shape index (κ3) is 3.35. The van der Waals surface area contributed by atoms with Gasteiger partial charge in [-0.3, -0.25) is 4.79 Å². The smallest absolute Gasteiger partial charge is 0.234 e. The molecule has 1 aromatic heterocycles. The Morgan fingerprint density at radius 1 is 1.32 bits per heavy atom. The van der Waals surface area contributed by atoms with Gasteiger partial charge in [-0.1, -0.05) is 35.5 Å². The van der Waals surface area contributed by atoms with Gasteiger partial charge in [0.25, 0.3) is 0 Å². The minimum atomic E-state index is -0.233. The molecule has 0 radical (unpaired) electrons. The van der Waals surface area contributed by atoms with Crippen molar-refractivity contribution in [3.63, 3.8) is 0 Å². The molecule has 2 aromatic carbocycles. The number of carbonyl (C=O) groups excluding carboxylic acids is 1. The lowest BCUT2D eigenvalue weighted by Crippen LogP contribution is -2.14. The molecule has 1 heterocycles. The molecule has 0 saturated carbocycles. The number of carbonyl (C=O) groups is 1. The van der Waals surface area contributed by atoms with Crippen LogP contribution in [0.4, 0.5) is 5.69 Å². The first kappa shape index (κ1) is 14.7. The summed E-state index contributed by atoms with van der Waals surface area (Å²) in [5.74, 6) is -0.111. The molecule has 5 nitrogen and oxygen atoms in total. The van der Waals surface area contributed by atoms with Crippen molar-refractivity contribution in [1.82, 2.24) is 9.97 Å². The molecule has 7 heteroatoms. The molecule has 112 valence electrons. The first-order chi connectivity index (χ1) is 10.6. The van der Waals surface area contributed by atoms with Gasteiger partial charge >= 0.3 is 0 Å². The van der Waals surface area contributed by atoms with Gasteiger partial charge < -0.3 is 15.4 Å². The fraction of sp³-hybridized carbons (Fsp3) is 0.0667. The number of thioether (sulfide) groups is 1. The van der Waals surface area contributed by atoms with Crippen LogP contribution in [0, 0.1) is 0 Å². The highest BCUT2D eigenvalue weighted by Crippen LogP contribution is 2.27. The number of fused-ring (bicyclic) bond motifs is 1. The summed E-state index contributed by atoms with van der Waals surface area (Å²) in [5, 5.41) is 13.4. The van der Waals surface area contributed by atoms with E-state index in [9.17, 15) is 9.90 Å². The van der Waals surface area contributed by atoms with E-state index < -0.39 is 0 Å². The van der Waals surface area contributed by atoms with Crippen LogP contribution in [-0.2, 0) is 4.79 Å². The maximum atomic E-state index is 11.9. The Hall–Kier alpha value is -2.18. The Morgan fingerprint density at radius 2 is 2.14 bits per heavy atom. The third-order valence-corrected chi connectivity index (χ3v) is 4.05. The number of H-pyrrole nitrogens is 1. The SMILES string of the molecule is O=C(CSc1nc2ccccc2[nH]1)Nc1ccc(Cl)cc1O. The number of hydrogen-bond acceptors (Lipinski definition) is 4. The molecule has 1 amide bonds. The number of aromatic amines is 1. The molecule has 0 atom stereocenters. The Labute approximate surface area is 135 Å². The molecule has 0 aliphatic heterocycles. The number of nitrogens with one attached hydrogen (secondary N) is 2. The number of anilines is 1. The normalized spacial score (nSPS) is 10.8. The summed E-state index contributed by atoms with van der Waals surface area (Å²) in [6.45, 7) is 0. The van der Waals surface area contributed by atoms with Crippen molar-refractivity contribution in [1.29, 1.82) is 0 Å². The number of benzene rings is 2. The first-order valence-corrected chi connectivity index (χ1v) is 7.84. The Kier molecular flexibility index (Phi) is 4.22. The summed E-state index contributed by atoms with van der Waals surface area (Å²) in [6, 6.07) is 12.2. The van der Waals surface area contributed by atoms with E-state index in [4.69, 9.17) is 11.6 Å². The van der Waals surface area contributed by atoms with Crippen molar-refractivity contribution in [3.8, 4) is 5.75 Å². The lowest BCUT2D eigenvalue weighted by Gasteiger charge is -2.06. The molecule has 0 unspecified atom stereocenters. The molecular weight excluding hydrogens is 322 g/mol. The van der Waals surface area contributed by atoms with Crippen molar-refractivity contribution in [2.24, 2.45) is 0 Å². The van der Waals surface area contributed by atoms with E-state index in [2.05, 4.69) is 15.3 Å². The van der Waals surface area contributed by atoms with Gasteiger partial charge in [0, 0.05) is 11.1 Å². The summed E-state index contributed by atoms with van der Waals surface area (Å²) in [4.78, 5) is 19.4. The van der Waals surface area contributed by atoms with Crippen LogP contribution in [0.25, 0.3) is 11.0 Å². The van der Waals surface area contributed by atoms with Crippen molar-refractivity contribution < 1.29 is 9.90 Å². The first-order valence-electron chi connectivity index (χ1n) is 6.48. The van der Waals surface area contributed by atoms with Gasteiger partial charge in [0.1, 0.15) is 5.75 Å². The number of nitrogens with zero attached hydrogens (tertiary/aromatic N) is 1. The van der Waals surface area contributed by atoms with E-state index in [1.54, 1.807) is 12.1 Å². The van der Waals surface area contributed by atoms with Crippen LogP contribution in [0.5, 0.6) is 5.75 Å². The molecule has 0 saturated heterocycles. The predicted octanol–water partition coefficient (Wildman–Crippen LogP) is 3.65. The van der Waals surface area contributed by atoms with Crippen LogP contribution in [-0.4, -0.2) is 26.7 Å². The number of aromatic nitrogens is 2. The highest BCUT2D eigenvalue weighted by molar-refractivity contribution is 7.99. The van der Waals surface area contributed by atoms with Gasteiger partial charge in [-0.05, 0) is 24.3 Å². The molecule has 0 aliphatic rings. The fourth-order valence-electron chi connectivity index (χ4n) is 1.93. The highest BCUT2D eigenvalue weighted by Gasteiger charge is 2.09. The number of aromatic hydroxyl groups is 1. The van der Waals surface area contributed by atoms with Gasteiger partial charge in [-0.2, -0.15) is 0 Å². The minimum Gasteiger partial charge on any atom is -0.506 e. The second-order valence-corrected chi connectivity index (χ2v) is 5.96. The van der Waals surface area contributed by atoms with Crippen LogP contribution in [0.15, 0.2) is 47.6 Å². The largest absolute Gasteiger partial charge is 0.506 e. The quantitative estimate of drug-likeness (QED) is 0.503. The molecule has 0 aliphatic carbocycles. The molecular formula is C15H12ClN3O2S. The van der Waals surface area contributed by atoms with Crippen molar-refractivity contribution in [2.45, 2.75) is 5.16 Å². The van der Waals surface area contributed by atoms with Crippen LogP contribution in [0.2, 0.25) is 5.02 Å².